The van der Waals surface area contributed by atoms with Gasteiger partial charge >= 0.3 is 0 Å². The number of amides is 2. The molecule has 5 heteroatoms. The van der Waals surface area contributed by atoms with Crippen LogP contribution >= 0.6 is 0 Å². The van der Waals surface area contributed by atoms with Gasteiger partial charge in [0, 0.05) is 44.0 Å². The molecule has 30 heavy (non-hydrogen) atoms. The monoisotopic (exact) mass is 412 g/mol. The molecule has 3 atom stereocenters. The quantitative estimate of drug-likeness (QED) is 0.759. The molecule has 1 aromatic carbocycles. The van der Waals surface area contributed by atoms with Gasteiger partial charge in [0.05, 0.1) is 0 Å². The van der Waals surface area contributed by atoms with E-state index in [1.54, 1.807) is 0 Å². The van der Waals surface area contributed by atoms with Crippen LogP contribution in [0.1, 0.15) is 69.2 Å². The molecule has 2 aliphatic carbocycles. The van der Waals surface area contributed by atoms with Gasteiger partial charge < -0.3 is 15.0 Å². The van der Waals surface area contributed by atoms with Crippen molar-refractivity contribution < 1.29 is 14.3 Å². The predicted octanol–water partition coefficient (Wildman–Crippen LogP) is 4.27. The van der Waals surface area contributed by atoms with Gasteiger partial charge in [-0.3, -0.25) is 9.59 Å². The first-order valence-electron chi connectivity index (χ1n) is 11.8. The maximum absolute atomic E-state index is 12.6. The minimum absolute atomic E-state index is 0.0203. The fourth-order valence-electron chi connectivity index (χ4n) is 5.29. The van der Waals surface area contributed by atoms with Gasteiger partial charge in [-0.25, -0.2) is 0 Å². The van der Waals surface area contributed by atoms with Gasteiger partial charge in [-0.1, -0.05) is 26.3 Å². The van der Waals surface area contributed by atoms with E-state index >= 15 is 0 Å². The van der Waals surface area contributed by atoms with Crippen molar-refractivity contribution in [1.82, 2.24) is 10.2 Å². The number of piperidine rings is 1. The lowest BCUT2D eigenvalue weighted by Gasteiger charge is -2.36. The zero-order valence-electron chi connectivity index (χ0n) is 18.4. The van der Waals surface area contributed by atoms with Gasteiger partial charge in [-0.05, 0) is 61.6 Å². The summed E-state index contributed by atoms with van der Waals surface area (Å²) in [7, 11) is 0. The maximum Gasteiger partial charge on any atom is 0.251 e. The average Bonchev–Trinajstić information content (AvgIpc) is 3.02. The highest BCUT2D eigenvalue weighted by atomic mass is 16.5. The number of nitrogens with one attached hydrogen (secondary N) is 1. The summed E-state index contributed by atoms with van der Waals surface area (Å²) in [4.78, 5) is 27.1. The minimum Gasteiger partial charge on any atom is -0.490 e. The van der Waals surface area contributed by atoms with Crippen molar-refractivity contribution in [2.24, 2.45) is 23.7 Å². The molecular formula is C25H36N2O3. The Morgan fingerprint density at radius 2 is 1.87 bits per heavy atom. The Morgan fingerprint density at radius 3 is 2.50 bits per heavy atom. The second kappa shape index (κ2) is 9.40. The molecule has 164 valence electrons. The number of hydrogen-bond donors (Lipinski definition) is 1. The van der Waals surface area contributed by atoms with E-state index in [-0.39, 0.29) is 17.9 Å². The van der Waals surface area contributed by atoms with Gasteiger partial charge in [-0.2, -0.15) is 0 Å². The molecule has 2 saturated carbocycles. The van der Waals surface area contributed by atoms with Crippen LogP contribution in [0.15, 0.2) is 24.3 Å². The first kappa shape index (κ1) is 21.2. The molecule has 5 nitrogen and oxygen atoms in total. The lowest BCUT2D eigenvalue weighted by Crippen LogP contribution is -2.45. The zero-order chi connectivity index (χ0) is 21.1. The number of likely N-dealkylation sites (tertiary alicyclic amines) is 1. The summed E-state index contributed by atoms with van der Waals surface area (Å²) in [6, 6.07) is 7.51. The summed E-state index contributed by atoms with van der Waals surface area (Å²) in [6.07, 6.45) is 7.58. The third-order valence-electron chi connectivity index (χ3n) is 7.42. The van der Waals surface area contributed by atoms with Gasteiger partial charge in [0.2, 0.25) is 5.91 Å². The van der Waals surface area contributed by atoms with Crippen LogP contribution < -0.4 is 10.1 Å². The fourth-order valence-corrected chi connectivity index (χ4v) is 5.29. The van der Waals surface area contributed by atoms with E-state index in [1.165, 1.54) is 19.3 Å². The number of nitrogens with zero attached hydrogens (tertiary/aromatic N) is 1. The molecule has 0 spiro atoms. The molecule has 3 fully saturated rings. The molecule has 1 heterocycles. The third kappa shape index (κ3) is 4.98. The molecule has 0 aromatic heterocycles. The number of carbonyl (C=O) groups excluding carboxylic acids is 2. The molecule has 1 N–H and O–H groups in total. The number of ether oxygens (including phenoxy) is 1. The Labute approximate surface area is 180 Å². The summed E-state index contributed by atoms with van der Waals surface area (Å²) in [5.74, 6) is 3.35. The van der Waals surface area contributed by atoms with Crippen LogP contribution in [0.2, 0.25) is 0 Å². The summed E-state index contributed by atoms with van der Waals surface area (Å²) >= 11 is 0. The number of hydrogen-bond acceptors (Lipinski definition) is 3. The van der Waals surface area contributed by atoms with Crippen molar-refractivity contribution >= 4 is 11.8 Å². The van der Waals surface area contributed by atoms with Gasteiger partial charge in [0.15, 0.2) is 0 Å². The average molecular weight is 413 g/mol. The Morgan fingerprint density at radius 1 is 1.10 bits per heavy atom. The Hall–Kier alpha value is -2.04. The first-order chi connectivity index (χ1) is 14.5. The molecule has 2 amide bonds. The molecule has 3 aliphatic rings. The van der Waals surface area contributed by atoms with Crippen molar-refractivity contribution in [2.45, 2.75) is 64.9 Å². The predicted molar refractivity (Wildman–Crippen MR) is 117 cm³/mol. The van der Waals surface area contributed by atoms with E-state index in [4.69, 9.17) is 4.74 Å². The van der Waals surface area contributed by atoms with Crippen LogP contribution in [-0.2, 0) is 4.79 Å². The molecule has 0 bridgehead atoms. The second-order valence-corrected chi connectivity index (χ2v) is 9.82. The van der Waals surface area contributed by atoms with Crippen LogP contribution in [-0.4, -0.2) is 42.5 Å². The Kier molecular flexibility index (Phi) is 6.64. The lowest BCUT2D eigenvalue weighted by atomic mass is 9.84. The Bertz CT molecular complexity index is 753. The van der Waals surface area contributed by atoms with Crippen molar-refractivity contribution in [2.75, 3.05) is 19.6 Å². The van der Waals surface area contributed by atoms with E-state index in [0.29, 0.717) is 23.3 Å². The highest BCUT2D eigenvalue weighted by molar-refractivity contribution is 5.94. The van der Waals surface area contributed by atoms with Gasteiger partial charge in [0.1, 0.15) is 11.9 Å². The van der Waals surface area contributed by atoms with Crippen LogP contribution in [0.25, 0.3) is 0 Å². The summed E-state index contributed by atoms with van der Waals surface area (Å²) < 4.78 is 6.17. The smallest absolute Gasteiger partial charge is 0.251 e. The van der Waals surface area contributed by atoms with Gasteiger partial charge in [-0.15, -0.1) is 0 Å². The summed E-state index contributed by atoms with van der Waals surface area (Å²) in [5.41, 5.74) is 0.656. The molecule has 1 saturated heterocycles. The van der Waals surface area contributed by atoms with E-state index in [0.717, 1.165) is 57.0 Å². The van der Waals surface area contributed by atoms with Crippen molar-refractivity contribution in [3.8, 4) is 5.75 Å². The van der Waals surface area contributed by atoms with Crippen molar-refractivity contribution in [3.05, 3.63) is 29.8 Å². The molecular weight excluding hydrogens is 376 g/mol. The lowest BCUT2D eigenvalue weighted by molar-refractivity contribution is -0.140. The maximum atomic E-state index is 12.6. The topological polar surface area (TPSA) is 58.6 Å². The summed E-state index contributed by atoms with van der Waals surface area (Å²) in [6.45, 7) is 6.89. The highest BCUT2D eigenvalue weighted by Gasteiger charge is 2.32. The number of carbonyl (C=O) groups is 2. The molecule has 4 rings (SSSR count). The van der Waals surface area contributed by atoms with Gasteiger partial charge in [0.25, 0.3) is 5.91 Å². The number of rotatable bonds is 6. The van der Waals surface area contributed by atoms with E-state index in [9.17, 15) is 9.59 Å². The van der Waals surface area contributed by atoms with Crippen LogP contribution in [0.4, 0.5) is 0 Å². The second-order valence-electron chi connectivity index (χ2n) is 9.82. The zero-order valence-corrected chi connectivity index (χ0v) is 18.4. The normalized spacial score (nSPS) is 27.5. The van der Waals surface area contributed by atoms with Crippen LogP contribution in [0, 0.1) is 23.7 Å². The van der Waals surface area contributed by atoms with E-state index in [2.05, 4.69) is 19.2 Å². The number of benzene rings is 1. The molecule has 3 unspecified atom stereocenters. The Balaban J connectivity index is 1.25. The van der Waals surface area contributed by atoms with E-state index < -0.39 is 0 Å². The first-order valence-corrected chi connectivity index (χ1v) is 11.8. The SMILES string of the molecule is CC1CC(C)C(CNC(=O)c2cccc(OC3CCN(C(=O)C4CCC4)CC3)c2)C1. The fraction of sp³-hybridized carbons (Fsp3) is 0.680. The largest absolute Gasteiger partial charge is 0.490 e. The van der Waals surface area contributed by atoms with E-state index in [1.807, 2.05) is 29.2 Å². The summed E-state index contributed by atoms with van der Waals surface area (Å²) in [5, 5.41) is 3.12. The van der Waals surface area contributed by atoms with Crippen molar-refractivity contribution in [1.29, 1.82) is 0 Å². The highest BCUT2D eigenvalue weighted by Crippen LogP contribution is 2.35. The van der Waals surface area contributed by atoms with Crippen LogP contribution in [0.3, 0.4) is 0 Å². The third-order valence-corrected chi connectivity index (χ3v) is 7.42. The minimum atomic E-state index is -0.0203. The van der Waals surface area contributed by atoms with Crippen LogP contribution in [0.5, 0.6) is 5.75 Å². The standard InChI is InChI=1S/C25H36N2O3/c1-17-13-18(2)21(14-17)16-26-24(28)20-7-4-8-23(15-20)30-22-9-11-27(12-10-22)25(29)19-5-3-6-19/h4,7-8,15,17-19,21-22H,3,5-6,9-14,16H2,1-2H3,(H,26,28). The molecule has 1 aliphatic heterocycles. The molecule has 1 aromatic rings. The molecule has 0 radical (unpaired) electrons. The van der Waals surface area contributed by atoms with Crippen molar-refractivity contribution in [3.63, 3.8) is 0 Å².